The molecule has 0 spiro atoms. The summed E-state index contributed by atoms with van der Waals surface area (Å²) >= 11 is 0. The maximum Gasteiger partial charge on any atom is 0.490 e. The monoisotopic (exact) mass is 504 g/mol. The first kappa shape index (κ1) is 25.8. The number of nitrogens with zero attached hydrogens (tertiary/aromatic N) is 2. The molecule has 0 saturated heterocycles. The summed E-state index contributed by atoms with van der Waals surface area (Å²) in [5, 5.41) is 6.95. The number of hydrogen-bond donors (Lipinski definition) is 2. The van der Waals surface area contributed by atoms with Gasteiger partial charge in [0, 0.05) is 18.0 Å². The van der Waals surface area contributed by atoms with Crippen molar-refractivity contribution in [3.63, 3.8) is 0 Å². The van der Waals surface area contributed by atoms with Crippen LogP contribution in [0, 0.1) is 0 Å². The average Bonchev–Trinajstić information content (AvgIpc) is 3.05. The SMILES string of the molecule is Cn1nc(NC(=O)CC(N)OC(=O)C(F)(F)F)c2ccc(-c3ccccc3OCC(F)(F)F)cc21. The lowest BCUT2D eigenvalue weighted by atomic mass is 10.0. The third-order valence-corrected chi connectivity index (χ3v) is 4.58. The number of ether oxygens (including phenoxy) is 2. The first-order chi connectivity index (χ1) is 16.2. The van der Waals surface area contributed by atoms with Crippen molar-refractivity contribution in [1.82, 2.24) is 9.78 Å². The Labute approximate surface area is 193 Å². The highest BCUT2D eigenvalue weighted by molar-refractivity contribution is 6.01. The number of amides is 1. The van der Waals surface area contributed by atoms with Crippen LogP contribution in [0.25, 0.3) is 22.0 Å². The van der Waals surface area contributed by atoms with E-state index in [-0.39, 0.29) is 11.6 Å². The molecule has 1 atom stereocenters. The molecule has 2 aromatic carbocycles. The molecule has 0 aliphatic rings. The summed E-state index contributed by atoms with van der Waals surface area (Å²) in [5.74, 6) is -3.31. The maximum atomic E-state index is 12.6. The lowest BCUT2D eigenvalue weighted by Crippen LogP contribution is -2.37. The summed E-state index contributed by atoms with van der Waals surface area (Å²) < 4.78 is 84.8. The summed E-state index contributed by atoms with van der Waals surface area (Å²) in [6.07, 6.45) is -12.4. The third kappa shape index (κ3) is 6.62. The number of benzene rings is 2. The van der Waals surface area contributed by atoms with Crippen molar-refractivity contribution in [2.45, 2.75) is 25.0 Å². The highest BCUT2D eigenvalue weighted by Gasteiger charge is 2.42. The van der Waals surface area contributed by atoms with E-state index >= 15 is 0 Å². The maximum absolute atomic E-state index is 12.6. The number of carbonyl (C=O) groups excluding carboxylic acids is 2. The Morgan fingerprint density at radius 1 is 1.11 bits per heavy atom. The number of rotatable bonds is 7. The molecule has 1 aromatic heterocycles. The van der Waals surface area contributed by atoms with Gasteiger partial charge < -0.3 is 14.8 Å². The standard InChI is InChI=1S/C21H18F6N4O4/c1-31-14-8-11(12-4-2-3-5-15(12)34-10-20(22,23)24)6-7-13(14)18(30-31)29-17(32)9-16(28)35-19(33)21(25,26)27/h2-8,16H,9-10,28H2,1H3,(H,29,30,32). The lowest BCUT2D eigenvalue weighted by Gasteiger charge is -2.14. The zero-order valence-corrected chi connectivity index (χ0v) is 17.9. The van der Waals surface area contributed by atoms with Crippen LogP contribution in [0.1, 0.15) is 6.42 Å². The molecule has 14 heteroatoms. The molecule has 0 aliphatic carbocycles. The molecule has 0 fully saturated rings. The smallest absolute Gasteiger partial charge is 0.483 e. The van der Waals surface area contributed by atoms with E-state index in [1.54, 1.807) is 37.4 Å². The summed E-state index contributed by atoms with van der Waals surface area (Å²) in [6, 6.07) is 10.9. The van der Waals surface area contributed by atoms with Crippen LogP contribution in [0.5, 0.6) is 5.75 Å². The Morgan fingerprint density at radius 3 is 2.46 bits per heavy atom. The summed E-state index contributed by atoms with van der Waals surface area (Å²) in [6.45, 7) is -1.46. The van der Waals surface area contributed by atoms with Crippen molar-refractivity contribution in [2.75, 3.05) is 11.9 Å². The lowest BCUT2D eigenvalue weighted by molar-refractivity contribution is -0.204. The van der Waals surface area contributed by atoms with Crippen molar-refractivity contribution < 1.29 is 45.4 Å². The predicted molar refractivity (Wildman–Crippen MR) is 111 cm³/mol. The van der Waals surface area contributed by atoms with E-state index < -0.39 is 43.5 Å². The number of nitrogens with one attached hydrogen (secondary N) is 1. The molecule has 0 saturated carbocycles. The Bertz CT molecular complexity index is 1240. The fourth-order valence-corrected chi connectivity index (χ4v) is 3.12. The minimum absolute atomic E-state index is 0.0160. The van der Waals surface area contributed by atoms with Gasteiger partial charge in [0.1, 0.15) is 5.75 Å². The topological polar surface area (TPSA) is 108 Å². The minimum atomic E-state index is -5.25. The van der Waals surface area contributed by atoms with Gasteiger partial charge in [0.25, 0.3) is 0 Å². The summed E-state index contributed by atoms with van der Waals surface area (Å²) in [5.41, 5.74) is 6.67. The van der Waals surface area contributed by atoms with E-state index in [9.17, 15) is 35.9 Å². The molecule has 3 aromatic rings. The van der Waals surface area contributed by atoms with E-state index in [2.05, 4.69) is 15.2 Å². The highest BCUT2D eigenvalue weighted by atomic mass is 19.4. The molecule has 1 heterocycles. The Balaban J connectivity index is 1.79. The molecular weight excluding hydrogens is 486 g/mol. The normalized spacial score (nSPS) is 12.9. The van der Waals surface area contributed by atoms with Gasteiger partial charge in [-0.2, -0.15) is 31.4 Å². The van der Waals surface area contributed by atoms with Crippen molar-refractivity contribution in [3.8, 4) is 16.9 Å². The van der Waals surface area contributed by atoms with Crippen LogP contribution in [0.3, 0.4) is 0 Å². The van der Waals surface area contributed by atoms with Crippen LogP contribution in [-0.4, -0.2) is 46.8 Å². The molecule has 1 unspecified atom stereocenters. The first-order valence-corrected chi connectivity index (χ1v) is 9.83. The van der Waals surface area contributed by atoms with Gasteiger partial charge in [0.2, 0.25) is 5.91 Å². The van der Waals surface area contributed by atoms with Gasteiger partial charge in [-0.05, 0) is 23.8 Å². The van der Waals surface area contributed by atoms with E-state index in [0.29, 0.717) is 22.0 Å². The van der Waals surface area contributed by atoms with Gasteiger partial charge in [-0.15, -0.1) is 0 Å². The van der Waals surface area contributed by atoms with Gasteiger partial charge in [-0.25, -0.2) is 4.79 Å². The molecule has 3 rings (SSSR count). The number of fused-ring (bicyclic) bond motifs is 1. The number of aryl methyl sites for hydroxylation is 1. The largest absolute Gasteiger partial charge is 0.490 e. The Kier molecular flexibility index (Phi) is 7.24. The Hall–Kier alpha value is -3.81. The van der Waals surface area contributed by atoms with E-state index in [1.807, 2.05) is 0 Å². The molecule has 188 valence electrons. The van der Waals surface area contributed by atoms with E-state index in [4.69, 9.17) is 10.5 Å². The van der Waals surface area contributed by atoms with Crippen LogP contribution in [-0.2, 0) is 21.4 Å². The molecule has 0 aliphatic heterocycles. The molecular formula is C21H18F6N4O4. The second-order valence-corrected chi connectivity index (χ2v) is 7.30. The van der Waals surface area contributed by atoms with Crippen LogP contribution < -0.4 is 15.8 Å². The van der Waals surface area contributed by atoms with Crippen LogP contribution >= 0.6 is 0 Å². The fraction of sp³-hybridized carbons (Fsp3) is 0.286. The third-order valence-electron chi connectivity index (χ3n) is 4.58. The fourth-order valence-electron chi connectivity index (χ4n) is 3.12. The number of nitrogens with two attached hydrogens (primary N) is 1. The number of esters is 1. The van der Waals surface area contributed by atoms with Crippen molar-refractivity contribution in [2.24, 2.45) is 12.8 Å². The number of aromatic nitrogens is 2. The zero-order valence-electron chi connectivity index (χ0n) is 17.9. The summed E-state index contributed by atoms with van der Waals surface area (Å²) in [4.78, 5) is 23.0. The molecule has 1 amide bonds. The highest BCUT2D eigenvalue weighted by Crippen LogP contribution is 2.34. The molecule has 8 nitrogen and oxygen atoms in total. The number of alkyl halides is 6. The number of para-hydroxylation sites is 1. The number of halogens is 6. The molecule has 0 radical (unpaired) electrons. The van der Waals surface area contributed by atoms with Crippen LogP contribution in [0.2, 0.25) is 0 Å². The van der Waals surface area contributed by atoms with E-state index in [0.717, 1.165) is 0 Å². The number of carbonyl (C=O) groups is 2. The first-order valence-electron chi connectivity index (χ1n) is 9.83. The molecule has 0 bridgehead atoms. The van der Waals surface area contributed by atoms with Gasteiger partial charge in [-0.3, -0.25) is 15.2 Å². The quantitative estimate of drug-likeness (QED) is 0.287. The minimum Gasteiger partial charge on any atom is -0.483 e. The van der Waals surface area contributed by atoms with Crippen LogP contribution in [0.4, 0.5) is 32.2 Å². The second-order valence-electron chi connectivity index (χ2n) is 7.30. The van der Waals surface area contributed by atoms with Gasteiger partial charge in [0.15, 0.2) is 18.7 Å². The van der Waals surface area contributed by atoms with Gasteiger partial charge in [-0.1, -0.05) is 24.3 Å². The molecule has 35 heavy (non-hydrogen) atoms. The van der Waals surface area contributed by atoms with Crippen LogP contribution in [0.15, 0.2) is 42.5 Å². The predicted octanol–water partition coefficient (Wildman–Crippen LogP) is 3.90. The van der Waals surface area contributed by atoms with Crippen molar-refractivity contribution in [3.05, 3.63) is 42.5 Å². The summed E-state index contributed by atoms with van der Waals surface area (Å²) in [7, 11) is 1.55. The second kappa shape index (κ2) is 9.82. The van der Waals surface area contributed by atoms with Gasteiger partial charge >= 0.3 is 18.3 Å². The zero-order chi connectivity index (χ0) is 26.0. The average molecular weight is 504 g/mol. The molecule has 3 N–H and O–H groups in total. The van der Waals surface area contributed by atoms with E-state index in [1.165, 1.54) is 16.8 Å². The van der Waals surface area contributed by atoms with Gasteiger partial charge in [0.05, 0.1) is 11.9 Å². The number of hydrogen-bond acceptors (Lipinski definition) is 6. The number of anilines is 1. The van der Waals surface area contributed by atoms with Crippen molar-refractivity contribution in [1.29, 1.82) is 0 Å². The Morgan fingerprint density at radius 2 is 1.80 bits per heavy atom. The van der Waals surface area contributed by atoms with Crippen molar-refractivity contribution >= 4 is 28.6 Å².